The molecular formula is C26H50N2O3. The van der Waals surface area contributed by atoms with Crippen molar-refractivity contribution in [1.82, 2.24) is 5.32 Å². The Hall–Kier alpha value is -1.10. The number of nitrogens with two attached hydrogens (primary N) is 1. The molecule has 0 bridgehead atoms. The van der Waals surface area contributed by atoms with E-state index < -0.39 is 5.97 Å². The van der Waals surface area contributed by atoms with Crippen LogP contribution < -0.4 is 11.1 Å². The van der Waals surface area contributed by atoms with Gasteiger partial charge in [0.2, 0.25) is 5.91 Å². The fourth-order valence-corrected chi connectivity index (χ4v) is 4.88. The molecule has 31 heavy (non-hydrogen) atoms. The molecular weight excluding hydrogens is 388 g/mol. The van der Waals surface area contributed by atoms with Gasteiger partial charge in [-0.2, -0.15) is 0 Å². The molecule has 1 saturated carbocycles. The van der Waals surface area contributed by atoms with Crippen molar-refractivity contribution in [1.29, 1.82) is 0 Å². The molecule has 1 rings (SSSR count). The van der Waals surface area contributed by atoms with Gasteiger partial charge in [-0.05, 0) is 38.1 Å². The number of nitrogens with one attached hydrogen (secondary N) is 1. The number of carbonyl (C=O) groups excluding carboxylic acids is 1. The highest BCUT2D eigenvalue weighted by Gasteiger charge is 2.29. The number of amides is 1. The highest BCUT2D eigenvalue weighted by atomic mass is 16.4. The summed E-state index contributed by atoms with van der Waals surface area (Å²) in [6.07, 6.45) is 23.5. The smallest absolute Gasteiger partial charge is 0.303 e. The van der Waals surface area contributed by atoms with E-state index in [1.165, 1.54) is 89.9 Å². The van der Waals surface area contributed by atoms with Crippen molar-refractivity contribution in [3.05, 3.63) is 0 Å². The van der Waals surface area contributed by atoms with Crippen LogP contribution in [0.25, 0.3) is 0 Å². The number of rotatable bonds is 20. The van der Waals surface area contributed by atoms with E-state index in [9.17, 15) is 9.59 Å². The first kappa shape index (κ1) is 27.9. The Balaban J connectivity index is 1.78. The molecule has 0 spiro atoms. The Kier molecular flexibility index (Phi) is 17.6. The molecule has 0 aromatic carbocycles. The average Bonchev–Trinajstić information content (AvgIpc) is 2.77. The minimum absolute atomic E-state index is 0.155. The van der Waals surface area contributed by atoms with Gasteiger partial charge in [0.1, 0.15) is 0 Å². The normalized spacial score (nSPS) is 18.7. The molecule has 0 aliphatic heterocycles. The monoisotopic (exact) mass is 438 g/mol. The first-order valence-electron chi connectivity index (χ1n) is 13.3. The average molecular weight is 439 g/mol. The standard InChI is InChI=1S/C26H50N2O3/c27-22-23-18-15-16-19-24(23)26(31)28-21-17-13-11-9-7-5-3-1-2-4-6-8-10-12-14-20-25(29)30/h23-24H,1-22,27H2,(H,28,31)(H,29,30). The van der Waals surface area contributed by atoms with E-state index in [-0.39, 0.29) is 11.8 Å². The summed E-state index contributed by atoms with van der Waals surface area (Å²) >= 11 is 0. The van der Waals surface area contributed by atoms with E-state index in [4.69, 9.17) is 10.8 Å². The van der Waals surface area contributed by atoms with Crippen molar-refractivity contribution < 1.29 is 14.7 Å². The molecule has 0 saturated heterocycles. The Bertz CT molecular complexity index is 456. The molecule has 5 heteroatoms. The van der Waals surface area contributed by atoms with Gasteiger partial charge in [0.05, 0.1) is 0 Å². The maximum absolute atomic E-state index is 12.4. The minimum Gasteiger partial charge on any atom is -0.481 e. The zero-order valence-electron chi connectivity index (χ0n) is 20.1. The zero-order valence-corrected chi connectivity index (χ0v) is 20.1. The summed E-state index contributed by atoms with van der Waals surface area (Å²) in [4.78, 5) is 22.8. The van der Waals surface area contributed by atoms with Crippen molar-refractivity contribution in [2.45, 2.75) is 128 Å². The molecule has 5 nitrogen and oxygen atoms in total. The summed E-state index contributed by atoms with van der Waals surface area (Å²) < 4.78 is 0. The predicted molar refractivity (Wildman–Crippen MR) is 129 cm³/mol. The van der Waals surface area contributed by atoms with Gasteiger partial charge in [-0.1, -0.05) is 96.3 Å². The third-order valence-corrected chi connectivity index (χ3v) is 6.92. The lowest BCUT2D eigenvalue weighted by Gasteiger charge is -2.29. The molecule has 2 unspecified atom stereocenters. The van der Waals surface area contributed by atoms with Crippen LogP contribution in [0.3, 0.4) is 0 Å². The van der Waals surface area contributed by atoms with Crippen LogP contribution in [-0.2, 0) is 9.59 Å². The van der Waals surface area contributed by atoms with Gasteiger partial charge in [-0.15, -0.1) is 0 Å². The topological polar surface area (TPSA) is 92.4 Å². The quantitative estimate of drug-likeness (QED) is 0.197. The molecule has 1 fully saturated rings. The van der Waals surface area contributed by atoms with Gasteiger partial charge in [0.15, 0.2) is 0 Å². The summed E-state index contributed by atoms with van der Waals surface area (Å²) in [7, 11) is 0. The Morgan fingerprint density at radius 1 is 0.710 bits per heavy atom. The zero-order chi connectivity index (χ0) is 22.6. The first-order chi connectivity index (χ1) is 15.1. The van der Waals surface area contributed by atoms with Crippen LogP contribution in [0, 0.1) is 11.8 Å². The summed E-state index contributed by atoms with van der Waals surface area (Å²) in [6, 6.07) is 0. The number of carboxylic acids is 1. The van der Waals surface area contributed by atoms with Crippen molar-refractivity contribution in [2.75, 3.05) is 13.1 Å². The molecule has 0 aromatic heterocycles. The number of carbonyl (C=O) groups is 2. The number of hydrogen-bond donors (Lipinski definition) is 3. The number of hydrogen-bond acceptors (Lipinski definition) is 3. The molecule has 1 amide bonds. The number of unbranched alkanes of at least 4 members (excludes halogenated alkanes) is 14. The Morgan fingerprint density at radius 3 is 1.65 bits per heavy atom. The third-order valence-electron chi connectivity index (χ3n) is 6.92. The van der Waals surface area contributed by atoms with Gasteiger partial charge in [-0.3, -0.25) is 9.59 Å². The van der Waals surface area contributed by atoms with Gasteiger partial charge in [0.25, 0.3) is 0 Å². The van der Waals surface area contributed by atoms with Crippen LogP contribution in [0.2, 0.25) is 0 Å². The lowest BCUT2D eigenvalue weighted by molar-refractivity contribution is -0.137. The van der Waals surface area contributed by atoms with E-state index in [0.29, 0.717) is 18.9 Å². The van der Waals surface area contributed by atoms with E-state index in [0.717, 1.165) is 38.6 Å². The van der Waals surface area contributed by atoms with E-state index in [2.05, 4.69) is 5.32 Å². The molecule has 4 N–H and O–H groups in total. The van der Waals surface area contributed by atoms with Gasteiger partial charge < -0.3 is 16.2 Å². The molecule has 0 heterocycles. The minimum atomic E-state index is -0.667. The Morgan fingerprint density at radius 2 is 1.16 bits per heavy atom. The van der Waals surface area contributed by atoms with E-state index >= 15 is 0 Å². The summed E-state index contributed by atoms with van der Waals surface area (Å²) in [5.41, 5.74) is 5.84. The highest BCUT2D eigenvalue weighted by Crippen LogP contribution is 2.29. The van der Waals surface area contributed by atoms with Crippen LogP contribution in [0.4, 0.5) is 0 Å². The van der Waals surface area contributed by atoms with Crippen molar-refractivity contribution >= 4 is 11.9 Å². The van der Waals surface area contributed by atoms with Crippen LogP contribution >= 0.6 is 0 Å². The molecule has 0 radical (unpaired) electrons. The summed E-state index contributed by atoms with van der Waals surface area (Å²) in [6.45, 7) is 1.47. The first-order valence-corrected chi connectivity index (χ1v) is 13.3. The van der Waals surface area contributed by atoms with Gasteiger partial charge >= 0.3 is 5.97 Å². The summed E-state index contributed by atoms with van der Waals surface area (Å²) in [5.74, 6) is 0.125. The number of aliphatic carboxylic acids is 1. The van der Waals surface area contributed by atoms with Crippen molar-refractivity contribution in [3.8, 4) is 0 Å². The van der Waals surface area contributed by atoms with Gasteiger partial charge in [-0.25, -0.2) is 0 Å². The lowest BCUT2D eigenvalue weighted by atomic mass is 9.79. The maximum Gasteiger partial charge on any atom is 0.303 e. The second-order valence-electron chi connectivity index (χ2n) is 9.62. The van der Waals surface area contributed by atoms with Crippen molar-refractivity contribution in [3.63, 3.8) is 0 Å². The van der Waals surface area contributed by atoms with Crippen LogP contribution in [0.5, 0.6) is 0 Å². The maximum atomic E-state index is 12.4. The largest absolute Gasteiger partial charge is 0.481 e. The molecule has 182 valence electrons. The van der Waals surface area contributed by atoms with E-state index in [1.54, 1.807) is 0 Å². The van der Waals surface area contributed by atoms with Crippen LogP contribution in [0.1, 0.15) is 128 Å². The van der Waals surface area contributed by atoms with Crippen molar-refractivity contribution in [2.24, 2.45) is 17.6 Å². The Labute approximate surface area is 191 Å². The predicted octanol–water partition coefficient (Wildman–Crippen LogP) is 6.19. The number of carboxylic acid groups (broad SMARTS) is 1. The second kappa shape index (κ2) is 19.6. The molecule has 0 aromatic rings. The highest BCUT2D eigenvalue weighted by molar-refractivity contribution is 5.79. The second-order valence-corrected chi connectivity index (χ2v) is 9.62. The van der Waals surface area contributed by atoms with E-state index in [1.807, 2.05) is 0 Å². The molecule has 1 aliphatic carbocycles. The third kappa shape index (κ3) is 15.4. The molecule has 2 atom stereocenters. The fraction of sp³-hybridized carbons (Fsp3) is 0.923. The SMILES string of the molecule is NCC1CCCCC1C(=O)NCCCCCCCCCCCCCCCCCC(=O)O. The van der Waals surface area contributed by atoms with Crippen LogP contribution in [0.15, 0.2) is 0 Å². The van der Waals surface area contributed by atoms with Gasteiger partial charge in [0, 0.05) is 18.9 Å². The molecule has 1 aliphatic rings. The lowest BCUT2D eigenvalue weighted by Crippen LogP contribution is -2.39. The fourth-order valence-electron chi connectivity index (χ4n) is 4.88. The van der Waals surface area contributed by atoms with Crippen LogP contribution in [-0.4, -0.2) is 30.1 Å². The summed E-state index contributed by atoms with van der Waals surface area (Å²) in [5, 5.41) is 11.7.